The average Bonchev–Trinajstić information content (AvgIpc) is 2.30. The maximum atomic E-state index is 13.2. The first kappa shape index (κ1) is 13.6. The molecule has 0 spiro atoms. The van der Waals surface area contributed by atoms with E-state index in [1.165, 1.54) is 6.07 Å². The van der Waals surface area contributed by atoms with Crippen molar-refractivity contribution in [1.29, 1.82) is 0 Å². The van der Waals surface area contributed by atoms with Crippen molar-refractivity contribution in [2.24, 2.45) is 0 Å². The van der Waals surface area contributed by atoms with Gasteiger partial charge in [-0.3, -0.25) is 4.79 Å². The Morgan fingerprint density at radius 2 is 2.00 bits per heavy atom. The normalized spacial score (nSPS) is 10.4. The van der Waals surface area contributed by atoms with Crippen molar-refractivity contribution in [3.8, 4) is 0 Å². The van der Waals surface area contributed by atoms with Crippen LogP contribution >= 0.6 is 0 Å². The van der Waals surface area contributed by atoms with Gasteiger partial charge >= 0.3 is 5.97 Å². The summed E-state index contributed by atoms with van der Waals surface area (Å²) < 4.78 is 13.2. The van der Waals surface area contributed by atoms with Crippen LogP contribution in [0.5, 0.6) is 0 Å². The molecule has 94 valence electrons. The van der Waals surface area contributed by atoms with Crippen LogP contribution in [0.4, 0.5) is 4.39 Å². The number of carbonyl (C=O) groups is 1. The first-order valence-electron chi connectivity index (χ1n) is 5.86. The Morgan fingerprint density at radius 3 is 2.71 bits per heavy atom. The molecule has 1 aromatic rings. The van der Waals surface area contributed by atoms with Crippen LogP contribution in [0.25, 0.3) is 0 Å². The number of halogens is 1. The molecule has 0 aliphatic rings. The quantitative estimate of drug-likeness (QED) is 0.685. The van der Waals surface area contributed by atoms with Gasteiger partial charge in [-0.05, 0) is 25.5 Å². The van der Waals surface area contributed by atoms with Gasteiger partial charge < -0.3 is 10.4 Å². The van der Waals surface area contributed by atoms with Gasteiger partial charge in [0.1, 0.15) is 5.82 Å². The highest BCUT2D eigenvalue weighted by atomic mass is 19.1. The zero-order chi connectivity index (χ0) is 12.5. The van der Waals surface area contributed by atoms with Crippen molar-refractivity contribution in [3.05, 3.63) is 35.6 Å². The highest BCUT2D eigenvalue weighted by Crippen LogP contribution is 2.05. The standard InChI is InChI=1S/C13H18FNO2/c14-12-7-4-3-6-11(12)10-15-9-5-1-2-8-13(16)17/h3-4,6-7,15H,1-2,5,8-10H2,(H,16,17). The van der Waals surface area contributed by atoms with E-state index >= 15 is 0 Å². The fourth-order valence-corrected chi connectivity index (χ4v) is 1.57. The van der Waals surface area contributed by atoms with E-state index in [0.29, 0.717) is 18.5 Å². The molecule has 17 heavy (non-hydrogen) atoms. The second kappa shape index (κ2) is 7.79. The van der Waals surface area contributed by atoms with E-state index in [1.54, 1.807) is 12.1 Å². The highest BCUT2D eigenvalue weighted by molar-refractivity contribution is 5.66. The lowest BCUT2D eigenvalue weighted by Gasteiger charge is -2.05. The van der Waals surface area contributed by atoms with Gasteiger partial charge in [0.05, 0.1) is 0 Å². The topological polar surface area (TPSA) is 49.3 Å². The Kier molecular flexibility index (Phi) is 6.25. The van der Waals surface area contributed by atoms with E-state index in [4.69, 9.17) is 5.11 Å². The number of nitrogens with one attached hydrogen (secondary N) is 1. The van der Waals surface area contributed by atoms with Crippen LogP contribution < -0.4 is 5.32 Å². The van der Waals surface area contributed by atoms with Crippen LogP contribution in [0.2, 0.25) is 0 Å². The van der Waals surface area contributed by atoms with Crippen LogP contribution in [0, 0.1) is 5.82 Å². The fourth-order valence-electron chi connectivity index (χ4n) is 1.57. The maximum Gasteiger partial charge on any atom is 0.303 e. The molecule has 0 radical (unpaired) electrons. The molecule has 0 amide bonds. The van der Waals surface area contributed by atoms with Crippen molar-refractivity contribution in [2.45, 2.75) is 32.2 Å². The molecule has 0 aliphatic heterocycles. The van der Waals surface area contributed by atoms with Crippen molar-refractivity contribution in [1.82, 2.24) is 5.32 Å². The molecule has 0 saturated carbocycles. The third kappa shape index (κ3) is 6.02. The minimum absolute atomic E-state index is 0.189. The van der Waals surface area contributed by atoms with E-state index < -0.39 is 5.97 Å². The number of hydrogen-bond acceptors (Lipinski definition) is 2. The summed E-state index contributed by atoms with van der Waals surface area (Å²) in [4.78, 5) is 10.3. The average molecular weight is 239 g/mol. The Hall–Kier alpha value is -1.42. The summed E-state index contributed by atoms with van der Waals surface area (Å²) in [5, 5.41) is 11.6. The summed E-state index contributed by atoms with van der Waals surface area (Å²) in [5.41, 5.74) is 0.665. The fraction of sp³-hybridized carbons (Fsp3) is 0.462. The summed E-state index contributed by atoms with van der Waals surface area (Å²) in [6, 6.07) is 6.69. The lowest BCUT2D eigenvalue weighted by Crippen LogP contribution is -2.15. The summed E-state index contributed by atoms with van der Waals surface area (Å²) in [7, 11) is 0. The zero-order valence-electron chi connectivity index (χ0n) is 9.79. The second-order valence-corrected chi connectivity index (χ2v) is 3.97. The molecule has 0 unspecified atom stereocenters. The van der Waals surface area contributed by atoms with Gasteiger partial charge in [0, 0.05) is 18.5 Å². The monoisotopic (exact) mass is 239 g/mol. The van der Waals surface area contributed by atoms with Gasteiger partial charge in [0.25, 0.3) is 0 Å². The van der Waals surface area contributed by atoms with Crippen molar-refractivity contribution in [3.63, 3.8) is 0 Å². The van der Waals surface area contributed by atoms with Crippen LogP contribution in [0.1, 0.15) is 31.2 Å². The van der Waals surface area contributed by atoms with Gasteiger partial charge in [0.2, 0.25) is 0 Å². The predicted molar refractivity (Wildman–Crippen MR) is 64.2 cm³/mol. The van der Waals surface area contributed by atoms with E-state index in [9.17, 15) is 9.18 Å². The molecule has 4 heteroatoms. The number of unbranched alkanes of at least 4 members (excludes halogenated alkanes) is 2. The maximum absolute atomic E-state index is 13.2. The molecular weight excluding hydrogens is 221 g/mol. The molecule has 0 aliphatic carbocycles. The number of carboxylic acid groups (broad SMARTS) is 1. The molecular formula is C13H18FNO2. The van der Waals surface area contributed by atoms with Crippen molar-refractivity contribution >= 4 is 5.97 Å². The number of aliphatic carboxylic acids is 1. The van der Waals surface area contributed by atoms with Gasteiger partial charge in [0.15, 0.2) is 0 Å². The lowest BCUT2D eigenvalue weighted by atomic mass is 10.2. The summed E-state index contributed by atoms with van der Waals surface area (Å²) in [5.74, 6) is -0.935. The molecule has 1 aromatic carbocycles. The number of hydrogen-bond donors (Lipinski definition) is 2. The van der Waals surface area contributed by atoms with Gasteiger partial charge in [-0.15, -0.1) is 0 Å². The van der Waals surface area contributed by atoms with E-state index in [-0.39, 0.29) is 12.2 Å². The SMILES string of the molecule is O=C(O)CCCCCNCc1ccccc1F. The molecule has 3 nitrogen and oxygen atoms in total. The first-order valence-corrected chi connectivity index (χ1v) is 5.86. The smallest absolute Gasteiger partial charge is 0.303 e. The number of benzene rings is 1. The minimum atomic E-state index is -0.746. The summed E-state index contributed by atoms with van der Waals surface area (Å²) in [6.07, 6.45) is 2.74. The second-order valence-electron chi connectivity index (χ2n) is 3.97. The summed E-state index contributed by atoms with van der Waals surface area (Å²) >= 11 is 0. The first-order chi connectivity index (χ1) is 8.20. The molecule has 0 bridgehead atoms. The molecule has 0 heterocycles. The van der Waals surface area contributed by atoms with Gasteiger partial charge in [-0.2, -0.15) is 0 Å². The van der Waals surface area contributed by atoms with Crippen LogP contribution in [0.15, 0.2) is 24.3 Å². The number of rotatable bonds is 8. The molecule has 2 N–H and O–H groups in total. The Bertz CT molecular complexity index is 355. The molecule has 0 atom stereocenters. The van der Waals surface area contributed by atoms with E-state index in [0.717, 1.165) is 19.4 Å². The van der Waals surface area contributed by atoms with E-state index in [1.807, 2.05) is 6.07 Å². The summed E-state index contributed by atoms with van der Waals surface area (Å²) in [6.45, 7) is 1.31. The lowest BCUT2D eigenvalue weighted by molar-refractivity contribution is -0.137. The Labute approximate surface area is 101 Å². The Balaban J connectivity index is 2.05. The number of carboxylic acids is 1. The third-order valence-electron chi connectivity index (χ3n) is 2.52. The molecule has 0 saturated heterocycles. The van der Waals surface area contributed by atoms with Crippen LogP contribution in [-0.2, 0) is 11.3 Å². The Morgan fingerprint density at radius 1 is 1.24 bits per heavy atom. The predicted octanol–water partition coefficient (Wildman–Crippen LogP) is 2.56. The van der Waals surface area contributed by atoms with E-state index in [2.05, 4.69) is 5.32 Å². The zero-order valence-corrected chi connectivity index (χ0v) is 9.79. The molecule has 1 rings (SSSR count). The minimum Gasteiger partial charge on any atom is -0.481 e. The molecule has 0 aromatic heterocycles. The van der Waals surface area contributed by atoms with Crippen molar-refractivity contribution < 1.29 is 14.3 Å². The largest absolute Gasteiger partial charge is 0.481 e. The van der Waals surface area contributed by atoms with Gasteiger partial charge in [-0.1, -0.05) is 24.6 Å². The van der Waals surface area contributed by atoms with Crippen molar-refractivity contribution in [2.75, 3.05) is 6.54 Å². The van der Waals surface area contributed by atoms with Crippen LogP contribution in [-0.4, -0.2) is 17.6 Å². The highest BCUT2D eigenvalue weighted by Gasteiger charge is 1.99. The third-order valence-corrected chi connectivity index (χ3v) is 2.52. The molecule has 0 fully saturated rings. The van der Waals surface area contributed by atoms with Gasteiger partial charge in [-0.25, -0.2) is 4.39 Å². The van der Waals surface area contributed by atoms with Crippen LogP contribution in [0.3, 0.4) is 0 Å².